The Morgan fingerprint density at radius 1 is 0.300 bits per heavy atom. The van der Waals surface area contributed by atoms with E-state index in [1.807, 2.05) is 0 Å². The summed E-state index contributed by atoms with van der Waals surface area (Å²) in [5, 5.41) is 10.5. The fourth-order valence-corrected chi connectivity index (χ4v) is 10.7. The lowest BCUT2D eigenvalue weighted by Gasteiger charge is -2.21. The van der Waals surface area contributed by atoms with Gasteiger partial charge in [-0.2, -0.15) is 0 Å². The van der Waals surface area contributed by atoms with Crippen LogP contribution in [0.4, 0.5) is 0 Å². The van der Waals surface area contributed by atoms with Gasteiger partial charge in [-0.05, 0) is 25.7 Å². The quantitative estimate of drug-likeness (QED) is 0.0222. The van der Waals surface area contributed by atoms with Gasteiger partial charge >= 0.3 is 39.5 Å². The third-order valence-electron chi connectivity index (χ3n) is 14.1. The Bertz CT molecular complexity index is 1550. The fourth-order valence-electron chi connectivity index (χ4n) is 9.10. The molecule has 3 N–H and O–H groups in total. The molecular weight excluding hydrogens is 1070 g/mol. The van der Waals surface area contributed by atoms with E-state index in [2.05, 4.69) is 27.7 Å². The Morgan fingerprint density at radius 3 is 0.738 bits per heavy atom. The SMILES string of the molecule is CCCCCCCCCCCCCCCCCCCCCC(=O)O[C@H](COC(=O)CCCCCCCCCCC)COP(=O)(O)OC[C@@H](O)COP(=O)(O)OC[C@@H](COC(=O)CCCCCCC)OC(=O)CCCCCCCCC. The van der Waals surface area contributed by atoms with Crippen molar-refractivity contribution in [1.29, 1.82) is 0 Å². The maximum absolute atomic E-state index is 12.9. The van der Waals surface area contributed by atoms with Gasteiger partial charge in [-0.15, -0.1) is 0 Å². The van der Waals surface area contributed by atoms with Crippen molar-refractivity contribution in [2.24, 2.45) is 0 Å². The van der Waals surface area contributed by atoms with Crippen molar-refractivity contribution in [3.63, 3.8) is 0 Å². The number of phosphoric ester groups is 2. The Morgan fingerprint density at radius 2 is 0.500 bits per heavy atom. The number of hydrogen-bond acceptors (Lipinski definition) is 15. The van der Waals surface area contributed by atoms with Gasteiger partial charge in [0.05, 0.1) is 26.4 Å². The minimum absolute atomic E-state index is 0.103. The van der Waals surface area contributed by atoms with Crippen molar-refractivity contribution in [3.8, 4) is 0 Å². The summed E-state index contributed by atoms with van der Waals surface area (Å²) in [5.41, 5.74) is 0. The molecule has 0 saturated carbocycles. The van der Waals surface area contributed by atoms with Gasteiger partial charge in [-0.1, -0.05) is 259 Å². The van der Waals surface area contributed by atoms with Gasteiger partial charge in [0.2, 0.25) is 0 Å². The van der Waals surface area contributed by atoms with Crippen LogP contribution in [0, 0.1) is 0 Å². The minimum Gasteiger partial charge on any atom is -0.462 e. The zero-order valence-corrected chi connectivity index (χ0v) is 52.8. The number of carbonyl (C=O) groups is 4. The third kappa shape index (κ3) is 55.3. The standard InChI is InChI=1S/C61H118O17P2/c1-5-9-13-17-20-22-23-24-25-26-27-28-29-30-31-33-36-40-44-48-61(66)78-57(52-72-59(64)46-42-38-35-32-21-18-14-10-6-2)54-76-80(69,70)74-50-55(62)49-73-79(67,68)75-53-56(51-71-58(63)45-41-37-16-12-8-4)77-60(65)47-43-39-34-19-15-11-7-3/h55-57,62H,5-54H2,1-4H3,(H,67,68)(H,69,70)/t55-,56+,57+/m0/s1. The van der Waals surface area contributed by atoms with Crippen molar-refractivity contribution < 1.29 is 80.2 Å². The number of aliphatic hydroxyl groups excluding tert-OH is 1. The molecule has 19 heteroatoms. The Hall–Kier alpha value is -1.94. The molecule has 0 heterocycles. The lowest BCUT2D eigenvalue weighted by atomic mass is 10.0. The van der Waals surface area contributed by atoms with Crippen molar-refractivity contribution in [1.82, 2.24) is 0 Å². The van der Waals surface area contributed by atoms with E-state index < -0.39 is 97.5 Å². The molecule has 0 aromatic heterocycles. The van der Waals surface area contributed by atoms with E-state index in [1.165, 1.54) is 122 Å². The molecule has 80 heavy (non-hydrogen) atoms. The summed E-state index contributed by atoms with van der Waals surface area (Å²) in [7, 11) is -9.86. The average Bonchev–Trinajstić information content (AvgIpc) is 3.43. The zero-order valence-electron chi connectivity index (χ0n) is 51.0. The molecule has 0 radical (unpaired) electrons. The highest BCUT2D eigenvalue weighted by atomic mass is 31.2. The van der Waals surface area contributed by atoms with E-state index in [0.717, 1.165) is 109 Å². The Balaban J connectivity index is 5.06. The maximum atomic E-state index is 12.9. The second-order valence-corrected chi connectivity index (χ2v) is 25.0. The van der Waals surface area contributed by atoms with Crippen LogP contribution < -0.4 is 0 Å². The van der Waals surface area contributed by atoms with Gasteiger partial charge in [0, 0.05) is 25.7 Å². The summed E-state index contributed by atoms with van der Waals surface area (Å²) in [6.45, 7) is 4.72. The lowest BCUT2D eigenvalue weighted by molar-refractivity contribution is -0.161. The first-order valence-corrected chi connectivity index (χ1v) is 35.3. The molecule has 0 aliphatic rings. The summed E-state index contributed by atoms with van der Waals surface area (Å²) >= 11 is 0. The van der Waals surface area contributed by atoms with Crippen LogP contribution in [0.1, 0.15) is 310 Å². The van der Waals surface area contributed by atoms with Gasteiger partial charge in [-0.25, -0.2) is 9.13 Å². The molecule has 0 aromatic carbocycles. The van der Waals surface area contributed by atoms with E-state index >= 15 is 0 Å². The predicted octanol–water partition coefficient (Wildman–Crippen LogP) is 16.8. The predicted molar refractivity (Wildman–Crippen MR) is 317 cm³/mol. The van der Waals surface area contributed by atoms with Crippen LogP contribution in [-0.4, -0.2) is 96.7 Å². The van der Waals surface area contributed by atoms with E-state index in [-0.39, 0.29) is 25.7 Å². The van der Waals surface area contributed by atoms with Crippen molar-refractivity contribution in [3.05, 3.63) is 0 Å². The summed E-state index contributed by atoms with van der Waals surface area (Å²) in [5.74, 6) is -2.15. The molecule has 0 saturated heterocycles. The van der Waals surface area contributed by atoms with E-state index in [9.17, 15) is 43.2 Å². The van der Waals surface area contributed by atoms with Crippen molar-refractivity contribution in [2.45, 2.75) is 329 Å². The van der Waals surface area contributed by atoms with Crippen LogP contribution in [0.3, 0.4) is 0 Å². The molecule has 17 nitrogen and oxygen atoms in total. The van der Waals surface area contributed by atoms with Crippen LogP contribution in [-0.2, 0) is 65.4 Å². The van der Waals surface area contributed by atoms with Crippen LogP contribution >= 0.6 is 15.6 Å². The van der Waals surface area contributed by atoms with Crippen molar-refractivity contribution >= 4 is 39.5 Å². The summed E-state index contributed by atoms with van der Waals surface area (Å²) < 4.78 is 67.5. The Labute approximate surface area is 486 Å². The molecule has 0 aromatic rings. The first-order valence-electron chi connectivity index (χ1n) is 32.3. The first-order chi connectivity index (χ1) is 38.7. The van der Waals surface area contributed by atoms with Crippen molar-refractivity contribution in [2.75, 3.05) is 39.6 Å². The summed E-state index contributed by atoms with van der Waals surface area (Å²) in [6.07, 6.45) is 41.0. The van der Waals surface area contributed by atoms with Crippen LogP contribution in [0.2, 0.25) is 0 Å². The summed E-state index contributed by atoms with van der Waals surface area (Å²) in [6, 6.07) is 0. The normalized spacial score (nSPS) is 14.2. The Kier molecular flexibility index (Phi) is 54.8. The molecule has 474 valence electrons. The van der Waals surface area contributed by atoms with Gasteiger partial charge in [0.15, 0.2) is 12.2 Å². The molecule has 0 amide bonds. The molecule has 0 rings (SSSR count). The molecule has 0 fully saturated rings. The van der Waals surface area contributed by atoms with Gasteiger partial charge in [0.25, 0.3) is 0 Å². The van der Waals surface area contributed by atoms with Crippen LogP contribution in [0.5, 0.6) is 0 Å². The monoisotopic (exact) mass is 1180 g/mol. The number of ether oxygens (including phenoxy) is 4. The number of esters is 4. The zero-order chi connectivity index (χ0) is 59.1. The van der Waals surface area contributed by atoms with Gasteiger partial charge in [0.1, 0.15) is 19.3 Å². The van der Waals surface area contributed by atoms with E-state index in [4.69, 9.17) is 37.0 Å². The molecule has 2 unspecified atom stereocenters. The number of aliphatic hydroxyl groups is 1. The molecule has 5 atom stereocenters. The molecule has 0 spiro atoms. The number of carbonyl (C=O) groups excluding carboxylic acids is 4. The number of rotatable bonds is 62. The molecule has 0 bridgehead atoms. The third-order valence-corrected chi connectivity index (χ3v) is 16.0. The topological polar surface area (TPSA) is 237 Å². The van der Waals surface area contributed by atoms with E-state index in [0.29, 0.717) is 25.7 Å². The number of phosphoric acid groups is 2. The highest BCUT2D eigenvalue weighted by Crippen LogP contribution is 2.45. The lowest BCUT2D eigenvalue weighted by Crippen LogP contribution is -2.30. The largest absolute Gasteiger partial charge is 0.472 e. The van der Waals surface area contributed by atoms with E-state index in [1.54, 1.807) is 0 Å². The summed E-state index contributed by atoms with van der Waals surface area (Å²) in [4.78, 5) is 71.6. The first kappa shape index (κ1) is 78.1. The number of unbranched alkanes of at least 4 members (excludes halogenated alkanes) is 36. The molecule has 0 aliphatic carbocycles. The minimum atomic E-state index is -4.94. The highest BCUT2D eigenvalue weighted by Gasteiger charge is 2.30. The second kappa shape index (κ2) is 56.2. The molecular formula is C61H118O17P2. The number of hydrogen-bond donors (Lipinski definition) is 3. The highest BCUT2D eigenvalue weighted by molar-refractivity contribution is 7.47. The molecule has 0 aliphatic heterocycles. The smallest absolute Gasteiger partial charge is 0.462 e. The second-order valence-electron chi connectivity index (χ2n) is 22.1. The van der Waals surface area contributed by atoms with Crippen LogP contribution in [0.25, 0.3) is 0 Å². The van der Waals surface area contributed by atoms with Gasteiger partial charge < -0.3 is 33.8 Å². The van der Waals surface area contributed by atoms with Crippen LogP contribution in [0.15, 0.2) is 0 Å². The van der Waals surface area contributed by atoms with Gasteiger partial charge in [-0.3, -0.25) is 37.3 Å². The maximum Gasteiger partial charge on any atom is 0.472 e. The fraction of sp³-hybridized carbons (Fsp3) is 0.934. The average molecular weight is 1190 g/mol.